The van der Waals surface area contributed by atoms with Gasteiger partial charge >= 0.3 is 0 Å². The molecule has 0 aliphatic carbocycles. The molecular weight excluding hydrogens is 801 g/mol. The van der Waals surface area contributed by atoms with Crippen LogP contribution >= 0.6 is 0 Å². The Labute approximate surface area is 362 Å². The Morgan fingerprint density at radius 1 is 0.266 bits per heavy atom. The average Bonchev–Trinajstić information content (AvgIpc) is 4.11. The van der Waals surface area contributed by atoms with E-state index >= 15 is 0 Å². The van der Waals surface area contributed by atoms with Gasteiger partial charge in [-0.2, -0.15) is 0 Å². The van der Waals surface area contributed by atoms with E-state index in [4.69, 9.17) is 59.8 Å². The summed E-state index contributed by atoms with van der Waals surface area (Å²) in [5, 5.41) is 0. The molecule has 1 aliphatic rings. The number of nitrogens with zero attached hydrogens (tertiary/aromatic N) is 16. The van der Waals surface area contributed by atoms with Crippen LogP contribution in [0.4, 0.5) is 0 Å². The maximum atomic E-state index is 5.41. The molecule has 0 unspecified atom stereocenters. The predicted molar refractivity (Wildman–Crippen MR) is 239 cm³/mol. The van der Waals surface area contributed by atoms with Gasteiger partial charge in [0.2, 0.25) is 0 Å². The van der Waals surface area contributed by atoms with E-state index in [1.54, 1.807) is 25.3 Å². The van der Waals surface area contributed by atoms with Crippen LogP contribution in [0.1, 0.15) is 22.3 Å². The minimum atomic E-state index is 0.441. The molecule has 0 spiro atoms. The summed E-state index contributed by atoms with van der Waals surface area (Å²) >= 11 is 0. The van der Waals surface area contributed by atoms with Crippen molar-refractivity contribution >= 4 is 44.7 Å². The van der Waals surface area contributed by atoms with Crippen molar-refractivity contribution < 1.29 is 0 Å². The largest absolute Gasteiger partial charge is 0.303 e. The second kappa shape index (κ2) is 14.3. The number of rotatable bonds is 8. The van der Waals surface area contributed by atoms with Gasteiger partial charge in [0.1, 0.15) is 70.2 Å². The topological polar surface area (TPSA) is 174 Å². The molecule has 1 aliphatic heterocycles. The van der Waals surface area contributed by atoms with Crippen molar-refractivity contribution in [1.29, 1.82) is 0 Å². The summed E-state index contributed by atoms with van der Waals surface area (Å²) in [4.78, 5) is 61.1. The Bertz CT molecular complexity index is 3230. The van der Waals surface area contributed by atoms with E-state index < -0.39 is 0 Å². The molecule has 4 aromatic carbocycles. The number of imidazole rings is 4. The molecule has 0 amide bonds. The van der Waals surface area contributed by atoms with Crippen molar-refractivity contribution in [2.45, 2.75) is 26.2 Å². The van der Waals surface area contributed by atoms with Crippen molar-refractivity contribution in [3.63, 3.8) is 0 Å². The van der Waals surface area contributed by atoms with Crippen molar-refractivity contribution in [1.82, 2.24) is 78.1 Å². The minimum Gasteiger partial charge on any atom is -0.303 e. The van der Waals surface area contributed by atoms with Gasteiger partial charge in [0.05, 0.1) is 26.2 Å². The lowest BCUT2D eigenvalue weighted by atomic mass is 10.2. The Balaban J connectivity index is 1.18. The number of benzene rings is 4. The monoisotopic (exact) mass is 832 g/mol. The third kappa shape index (κ3) is 5.69. The normalized spacial score (nSPS) is 12.0. The van der Waals surface area contributed by atoms with Gasteiger partial charge in [0, 0.05) is 0 Å². The van der Waals surface area contributed by atoms with Crippen molar-refractivity contribution in [3.8, 4) is 46.1 Å². The summed E-state index contributed by atoms with van der Waals surface area (Å²) in [6, 6.07) is 40.9. The van der Waals surface area contributed by atoms with Crippen LogP contribution < -0.4 is 0 Å². The summed E-state index contributed by atoms with van der Waals surface area (Å²) in [5.41, 5.74) is 10.9. The van der Waals surface area contributed by atoms with Crippen molar-refractivity contribution in [2.24, 2.45) is 0 Å². The molecule has 13 rings (SSSR count). The Hall–Kier alpha value is -8.92. The summed E-state index contributed by atoms with van der Waals surface area (Å²) < 4.78 is 8.28. The summed E-state index contributed by atoms with van der Waals surface area (Å²) in [7, 11) is 0. The molecule has 304 valence electrons. The van der Waals surface area contributed by atoms with Gasteiger partial charge in [-0.15, -0.1) is 0 Å². The second-order valence-electron chi connectivity index (χ2n) is 15.6. The summed E-state index contributed by atoms with van der Waals surface area (Å²) in [6.45, 7) is 1.76. The van der Waals surface area contributed by atoms with Crippen LogP contribution in [0.25, 0.3) is 90.7 Å². The van der Waals surface area contributed by atoms with Crippen molar-refractivity contribution in [2.75, 3.05) is 0 Å². The minimum absolute atomic E-state index is 0.441. The third-order valence-electron chi connectivity index (χ3n) is 11.7. The molecule has 8 aromatic heterocycles. The Morgan fingerprint density at radius 3 is 0.703 bits per heavy atom. The molecule has 64 heavy (non-hydrogen) atoms. The number of fused-ring (bicyclic) bond motifs is 8. The molecule has 9 heterocycles. The van der Waals surface area contributed by atoms with Crippen LogP contribution in [0.3, 0.4) is 0 Å². The van der Waals surface area contributed by atoms with Crippen LogP contribution in [0.5, 0.6) is 0 Å². The first-order valence-electron chi connectivity index (χ1n) is 20.8. The molecule has 16 nitrogen and oxygen atoms in total. The fourth-order valence-corrected chi connectivity index (χ4v) is 8.79. The van der Waals surface area contributed by atoms with Crippen LogP contribution in [-0.2, 0) is 26.2 Å². The first kappa shape index (κ1) is 35.8. The van der Waals surface area contributed by atoms with E-state index in [1.165, 1.54) is 0 Å². The predicted octanol–water partition coefficient (Wildman–Crippen LogP) is 7.42. The SMILES string of the molecule is c1ccc(Cn2c3nc4c(ncnc42)-c2nc4c(ncnc4n2Cc2ccccc2)-c2nc4c(ncnc4n2Cc2ccccc2)-c2nc4c-3ncnc4n2Cc2ccccc2)cc1. The number of hydrogen-bond acceptors (Lipinski definition) is 12. The zero-order valence-electron chi connectivity index (χ0n) is 33.8. The van der Waals surface area contributed by atoms with E-state index in [1.807, 2.05) is 72.8 Å². The van der Waals surface area contributed by atoms with Gasteiger partial charge in [0.25, 0.3) is 0 Å². The first-order valence-corrected chi connectivity index (χ1v) is 20.8. The Morgan fingerprint density at radius 2 is 0.484 bits per heavy atom. The molecule has 0 fully saturated rings. The van der Waals surface area contributed by atoms with Crippen LogP contribution in [0.15, 0.2) is 147 Å². The fraction of sp³-hybridized carbons (Fsp3) is 0.0833. The zero-order chi connectivity index (χ0) is 42.1. The van der Waals surface area contributed by atoms with Gasteiger partial charge in [0.15, 0.2) is 45.9 Å². The van der Waals surface area contributed by atoms with E-state index in [0.717, 1.165) is 22.3 Å². The second-order valence-corrected chi connectivity index (χ2v) is 15.6. The zero-order valence-corrected chi connectivity index (χ0v) is 33.8. The lowest BCUT2D eigenvalue weighted by Crippen LogP contribution is -2.07. The smallest absolute Gasteiger partial charge is 0.164 e. The molecule has 0 saturated heterocycles. The lowest BCUT2D eigenvalue weighted by Gasteiger charge is -2.11. The van der Waals surface area contributed by atoms with Gasteiger partial charge in [-0.05, 0) is 22.3 Å². The lowest BCUT2D eigenvalue weighted by molar-refractivity contribution is 0.811. The highest BCUT2D eigenvalue weighted by atomic mass is 15.2. The van der Waals surface area contributed by atoms with Crippen LogP contribution in [-0.4, -0.2) is 78.1 Å². The molecule has 16 bridgehead atoms. The third-order valence-corrected chi connectivity index (χ3v) is 11.7. The Kier molecular flexibility index (Phi) is 8.02. The number of aromatic nitrogens is 16. The maximum absolute atomic E-state index is 5.41. The van der Waals surface area contributed by atoms with E-state index in [0.29, 0.717) is 117 Å². The number of hydrogen-bond donors (Lipinski definition) is 0. The fourth-order valence-electron chi connectivity index (χ4n) is 8.79. The highest BCUT2D eigenvalue weighted by Gasteiger charge is 2.31. The quantitative estimate of drug-likeness (QED) is 0.148. The van der Waals surface area contributed by atoms with E-state index in [-0.39, 0.29) is 0 Å². The van der Waals surface area contributed by atoms with Gasteiger partial charge < -0.3 is 18.3 Å². The molecule has 12 aromatic rings. The average molecular weight is 833 g/mol. The molecule has 16 heteroatoms. The highest BCUT2D eigenvalue weighted by molar-refractivity contribution is 5.98. The molecule has 0 atom stereocenters. The van der Waals surface area contributed by atoms with Gasteiger partial charge in [-0.25, -0.2) is 59.8 Å². The first-order chi connectivity index (χ1) is 31.7. The summed E-state index contributed by atoms with van der Waals surface area (Å²) in [5.74, 6) is 2.18. The summed E-state index contributed by atoms with van der Waals surface area (Å²) in [6.07, 6.45) is 6.27. The molecule has 0 N–H and O–H groups in total. The highest BCUT2D eigenvalue weighted by Crippen LogP contribution is 2.38. The van der Waals surface area contributed by atoms with E-state index in [9.17, 15) is 0 Å². The van der Waals surface area contributed by atoms with Gasteiger partial charge in [-0.3, -0.25) is 0 Å². The van der Waals surface area contributed by atoms with Crippen molar-refractivity contribution in [3.05, 3.63) is 169 Å². The standard InChI is InChI=1S/C48H32N16/c1-5-13-29(14-6-1)21-61-41-37-34(50-25-53-41)46-59-39-36(52-28-55-43(39)63(46)23-31-17-9-3-10-18-31)48-60-40-35(51-27-56-44(40)64(48)24-32-19-11-4-12-20-32)47-58-38-33(45(61)57-37)49-26-54-42(38)62(47)22-30-15-7-2-8-16-30/h1-20,25-28H,21-24H2. The molecular formula is C48H32N16. The molecule has 0 saturated carbocycles. The van der Waals surface area contributed by atoms with Crippen LogP contribution in [0, 0.1) is 0 Å². The van der Waals surface area contributed by atoms with Gasteiger partial charge in [-0.1, -0.05) is 121 Å². The van der Waals surface area contributed by atoms with Crippen LogP contribution in [0.2, 0.25) is 0 Å². The molecule has 0 radical (unpaired) electrons. The van der Waals surface area contributed by atoms with E-state index in [2.05, 4.69) is 66.8 Å². The maximum Gasteiger partial charge on any atom is 0.164 e.